The summed E-state index contributed by atoms with van der Waals surface area (Å²) in [6, 6.07) is 7.75. The summed E-state index contributed by atoms with van der Waals surface area (Å²) in [6.45, 7) is 0.286. The number of carbonyl (C=O) groups is 2. The van der Waals surface area contributed by atoms with Gasteiger partial charge in [-0.05, 0) is 36.6 Å². The van der Waals surface area contributed by atoms with E-state index in [9.17, 15) is 14.4 Å². The highest BCUT2D eigenvalue weighted by atomic mass is 35.5. The maximum atomic E-state index is 12.0. The smallest absolute Gasteiger partial charge is 0.335 e. The fourth-order valence-corrected chi connectivity index (χ4v) is 2.73. The minimum absolute atomic E-state index is 0.0357. The van der Waals surface area contributed by atoms with Gasteiger partial charge in [-0.3, -0.25) is 9.59 Å². The van der Waals surface area contributed by atoms with Gasteiger partial charge in [-0.2, -0.15) is 0 Å². The summed E-state index contributed by atoms with van der Waals surface area (Å²) in [6.07, 6.45) is 1.72. The van der Waals surface area contributed by atoms with Crippen molar-refractivity contribution < 1.29 is 14.7 Å². The van der Waals surface area contributed by atoms with Crippen LogP contribution in [0.1, 0.15) is 32.8 Å². The topological polar surface area (TPSA) is 76.4 Å². The predicted octanol–water partition coefficient (Wildman–Crippen LogP) is 3.30. The fraction of sp³-hybridized carbons (Fsp3) is 0.188. The first-order chi connectivity index (χ1) is 10.9. The van der Waals surface area contributed by atoms with Gasteiger partial charge in [0.2, 0.25) is 0 Å². The number of rotatable bonds is 6. The third-order valence-corrected chi connectivity index (χ3v) is 3.97. The zero-order valence-corrected chi connectivity index (χ0v) is 13.5. The third kappa shape index (κ3) is 4.00. The van der Waals surface area contributed by atoms with E-state index in [4.69, 9.17) is 28.3 Å². The fourth-order valence-electron chi connectivity index (χ4n) is 2.21. The Balaban J connectivity index is 2.11. The van der Waals surface area contributed by atoms with Crippen molar-refractivity contribution in [2.24, 2.45) is 0 Å². The maximum absolute atomic E-state index is 12.0. The van der Waals surface area contributed by atoms with Gasteiger partial charge in [0.15, 0.2) is 6.29 Å². The lowest BCUT2D eigenvalue weighted by atomic mass is 10.1. The van der Waals surface area contributed by atoms with E-state index >= 15 is 0 Å². The first kappa shape index (κ1) is 17.2. The average molecular weight is 354 g/mol. The van der Waals surface area contributed by atoms with Gasteiger partial charge in [0.05, 0.1) is 10.6 Å². The molecule has 0 aliphatic rings. The molecule has 0 aliphatic carbocycles. The normalized spacial score (nSPS) is 10.5. The lowest BCUT2D eigenvalue weighted by Gasteiger charge is -2.11. The highest BCUT2D eigenvalue weighted by Gasteiger charge is 2.12. The van der Waals surface area contributed by atoms with Crippen molar-refractivity contribution in [1.82, 2.24) is 4.57 Å². The van der Waals surface area contributed by atoms with Crippen LogP contribution in [0, 0.1) is 0 Å². The molecule has 1 aromatic carbocycles. The van der Waals surface area contributed by atoms with E-state index < -0.39 is 11.5 Å². The molecule has 7 heteroatoms. The van der Waals surface area contributed by atoms with Crippen molar-refractivity contribution in [2.75, 3.05) is 0 Å². The van der Waals surface area contributed by atoms with Crippen LogP contribution in [-0.2, 0) is 13.0 Å². The number of aryl methyl sites for hydroxylation is 1. The van der Waals surface area contributed by atoms with E-state index in [2.05, 4.69) is 0 Å². The minimum atomic E-state index is -0.979. The number of aromatic nitrogens is 1. The Hall–Kier alpha value is -2.11. The second kappa shape index (κ2) is 7.44. The molecule has 120 valence electrons. The summed E-state index contributed by atoms with van der Waals surface area (Å²) >= 11 is 11.7. The zero-order chi connectivity index (χ0) is 17.0. The Morgan fingerprint density at radius 2 is 1.83 bits per heavy atom. The van der Waals surface area contributed by atoms with Crippen LogP contribution in [-0.4, -0.2) is 21.9 Å². The van der Waals surface area contributed by atoms with E-state index in [1.54, 1.807) is 12.1 Å². The van der Waals surface area contributed by atoms with Crippen LogP contribution >= 0.6 is 23.2 Å². The molecule has 2 aromatic rings. The van der Waals surface area contributed by atoms with E-state index in [1.807, 2.05) is 0 Å². The SMILES string of the molecule is O=Cc1c(Cl)cc(Cl)c(=O)n1CCCc1ccc(C(=O)O)cc1. The van der Waals surface area contributed by atoms with Gasteiger partial charge < -0.3 is 9.67 Å². The molecule has 2 rings (SSSR count). The molecule has 0 saturated carbocycles. The summed E-state index contributed by atoms with van der Waals surface area (Å²) < 4.78 is 1.25. The molecule has 0 amide bonds. The molecule has 0 atom stereocenters. The average Bonchev–Trinajstić information content (AvgIpc) is 2.52. The highest BCUT2D eigenvalue weighted by Crippen LogP contribution is 2.17. The van der Waals surface area contributed by atoms with Gasteiger partial charge in [0.25, 0.3) is 5.56 Å². The van der Waals surface area contributed by atoms with Crippen molar-refractivity contribution >= 4 is 35.5 Å². The van der Waals surface area contributed by atoms with Crippen LogP contribution in [0.3, 0.4) is 0 Å². The van der Waals surface area contributed by atoms with Gasteiger partial charge in [-0.25, -0.2) is 4.79 Å². The molecule has 0 fully saturated rings. The van der Waals surface area contributed by atoms with E-state index in [0.29, 0.717) is 19.1 Å². The third-order valence-electron chi connectivity index (χ3n) is 3.40. The van der Waals surface area contributed by atoms with Crippen molar-refractivity contribution in [3.8, 4) is 0 Å². The van der Waals surface area contributed by atoms with Crippen molar-refractivity contribution in [2.45, 2.75) is 19.4 Å². The number of aromatic carboxylic acids is 1. The number of hydrogen-bond acceptors (Lipinski definition) is 3. The van der Waals surface area contributed by atoms with Gasteiger partial charge in [0.1, 0.15) is 10.7 Å². The van der Waals surface area contributed by atoms with E-state index in [-0.39, 0.29) is 27.8 Å². The largest absolute Gasteiger partial charge is 0.478 e. The molecule has 0 unspecified atom stereocenters. The van der Waals surface area contributed by atoms with Gasteiger partial charge >= 0.3 is 5.97 Å². The second-order valence-electron chi connectivity index (χ2n) is 4.91. The lowest BCUT2D eigenvalue weighted by Crippen LogP contribution is -2.24. The van der Waals surface area contributed by atoms with Gasteiger partial charge in [-0.15, -0.1) is 0 Å². The second-order valence-corrected chi connectivity index (χ2v) is 5.72. The highest BCUT2D eigenvalue weighted by molar-refractivity contribution is 6.35. The molecule has 1 heterocycles. The summed E-state index contributed by atoms with van der Waals surface area (Å²) in [7, 11) is 0. The van der Waals surface area contributed by atoms with Gasteiger partial charge in [0, 0.05) is 6.54 Å². The van der Waals surface area contributed by atoms with E-state index in [0.717, 1.165) is 5.56 Å². The quantitative estimate of drug-likeness (QED) is 0.808. The Kier molecular flexibility index (Phi) is 5.58. The summed E-state index contributed by atoms with van der Waals surface area (Å²) in [5, 5.41) is 8.94. The lowest BCUT2D eigenvalue weighted by molar-refractivity contribution is 0.0696. The number of carboxylic acids is 1. The van der Waals surface area contributed by atoms with Crippen molar-refractivity contribution in [3.05, 3.63) is 67.6 Å². The number of halogens is 2. The summed E-state index contributed by atoms with van der Waals surface area (Å²) in [4.78, 5) is 33.9. The number of benzene rings is 1. The number of pyridine rings is 1. The van der Waals surface area contributed by atoms with Crippen molar-refractivity contribution in [1.29, 1.82) is 0 Å². The Bertz CT molecular complexity index is 797. The molecule has 0 bridgehead atoms. The molecule has 5 nitrogen and oxygen atoms in total. The summed E-state index contributed by atoms with van der Waals surface area (Å²) in [5.41, 5.74) is 0.792. The number of nitrogens with zero attached hydrogens (tertiary/aromatic N) is 1. The van der Waals surface area contributed by atoms with Crippen LogP contribution < -0.4 is 5.56 Å². The van der Waals surface area contributed by atoms with Crippen molar-refractivity contribution in [3.63, 3.8) is 0 Å². The van der Waals surface area contributed by atoms with Crippen LogP contribution in [0.15, 0.2) is 35.1 Å². The Morgan fingerprint density at radius 3 is 2.39 bits per heavy atom. The molecular formula is C16H13Cl2NO4. The monoisotopic (exact) mass is 353 g/mol. The number of carboxylic acid groups (broad SMARTS) is 1. The van der Waals surface area contributed by atoms with E-state index in [1.165, 1.54) is 22.8 Å². The molecule has 23 heavy (non-hydrogen) atoms. The standard InChI is InChI=1S/C16H13Cl2NO4/c17-12-8-13(18)15(21)19(14(12)9-20)7-1-2-10-3-5-11(6-4-10)16(22)23/h3-6,8-9H,1-2,7H2,(H,22,23). The minimum Gasteiger partial charge on any atom is -0.478 e. The van der Waals surface area contributed by atoms with Gasteiger partial charge in [-0.1, -0.05) is 35.3 Å². The Labute approximate surface area is 142 Å². The molecule has 0 radical (unpaired) electrons. The van der Waals surface area contributed by atoms with Crippen LogP contribution in [0.2, 0.25) is 10.0 Å². The Morgan fingerprint density at radius 1 is 1.17 bits per heavy atom. The zero-order valence-electron chi connectivity index (χ0n) is 12.0. The number of aldehydes is 1. The van der Waals surface area contributed by atoms with Crippen LogP contribution in [0.4, 0.5) is 0 Å². The summed E-state index contributed by atoms with van der Waals surface area (Å²) in [5.74, 6) is -0.979. The number of carbonyl (C=O) groups excluding carboxylic acids is 1. The van der Waals surface area contributed by atoms with Crippen LogP contribution in [0.5, 0.6) is 0 Å². The molecule has 0 spiro atoms. The molecular weight excluding hydrogens is 341 g/mol. The maximum Gasteiger partial charge on any atom is 0.335 e. The van der Waals surface area contributed by atoms with Crippen LogP contribution in [0.25, 0.3) is 0 Å². The predicted molar refractivity (Wildman–Crippen MR) is 87.8 cm³/mol. The molecule has 0 aliphatic heterocycles. The molecule has 1 N–H and O–H groups in total. The number of hydrogen-bond donors (Lipinski definition) is 1. The molecule has 0 saturated heterocycles. The first-order valence-corrected chi connectivity index (χ1v) is 7.56. The first-order valence-electron chi connectivity index (χ1n) is 6.80. The molecule has 1 aromatic heterocycles.